The van der Waals surface area contributed by atoms with Gasteiger partial charge in [-0.2, -0.15) is 0 Å². The van der Waals surface area contributed by atoms with Crippen molar-refractivity contribution in [2.24, 2.45) is 5.73 Å². The number of carbonyl (C=O) groups is 2. The Morgan fingerprint density at radius 1 is 1.04 bits per heavy atom. The lowest BCUT2D eigenvalue weighted by Crippen LogP contribution is -2.48. The van der Waals surface area contributed by atoms with Crippen LogP contribution in [0.15, 0.2) is 66.7 Å². The first kappa shape index (κ1) is 36.0. The van der Waals surface area contributed by atoms with E-state index >= 15 is 0 Å². The van der Waals surface area contributed by atoms with E-state index in [-0.39, 0.29) is 18.4 Å². The number of nitrogens with zero attached hydrogens (tertiary/aromatic N) is 1. The summed E-state index contributed by atoms with van der Waals surface area (Å²) in [6.45, 7) is 8.91. The smallest absolute Gasteiger partial charge is 0.410 e. The second-order valence-corrected chi connectivity index (χ2v) is 13.7. The van der Waals surface area contributed by atoms with Crippen molar-refractivity contribution in [1.82, 2.24) is 4.90 Å². The molecule has 49 heavy (non-hydrogen) atoms. The largest absolute Gasteiger partial charge is 0.496 e. The van der Waals surface area contributed by atoms with Gasteiger partial charge in [-0.15, -0.1) is 0 Å². The molecule has 0 aromatic heterocycles. The molecule has 2 heterocycles. The van der Waals surface area contributed by atoms with E-state index in [1.54, 1.807) is 12.0 Å². The molecular formula is C39H51N3O7. The number of ether oxygens (including phenoxy) is 5. The van der Waals surface area contributed by atoms with Gasteiger partial charge in [0.05, 0.1) is 52.1 Å². The number of hydrogen-bond acceptors (Lipinski definition) is 8. The van der Waals surface area contributed by atoms with Crippen molar-refractivity contribution in [1.29, 1.82) is 0 Å². The summed E-state index contributed by atoms with van der Waals surface area (Å²) in [5.41, 5.74) is 10.4. The fraction of sp³-hybridized carbons (Fsp3) is 0.487. The predicted molar refractivity (Wildman–Crippen MR) is 189 cm³/mol. The van der Waals surface area contributed by atoms with Gasteiger partial charge in [0.2, 0.25) is 5.91 Å². The Balaban J connectivity index is 1.24. The van der Waals surface area contributed by atoms with E-state index in [1.165, 1.54) is 5.56 Å². The molecule has 1 saturated heterocycles. The summed E-state index contributed by atoms with van der Waals surface area (Å²) < 4.78 is 29.8. The van der Waals surface area contributed by atoms with E-state index in [0.717, 1.165) is 59.7 Å². The van der Waals surface area contributed by atoms with Crippen molar-refractivity contribution < 1.29 is 33.3 Å². The Hall–Kier alpha value is -4.28. The van der Waals surface area contributed by atoms with Crippen molar-refractivity contribution in [3.05, 3.63) is 89.0 Å². The van der Waals surface area contributed by atoms with Gasteiger partial charge in [-0.05, 0) is 81.0 Å². The summed E-state index contributed by atoms with van der Waals surface area (Å²) in [7, 11) is 1.66. The SMILES string of the molecule is COc1ccccc1COCCCOc1ccc(C2CCN(C(=O)OC(C)(C)C)CC2OC(CC(N)=O)c2ccc3c(c2)NCCC3)cc1. The number of anilines is 1. The van der Waals surface area contributed by atoms with Crippen LogP contribution in [-0.4, -0.2) is 68.6 Å². The van der Waals surface area contributed by atoms with Crippen molar-refractivity contribution in [3.63, 3.8) is 0 Å². The van der Waals surface area contributed by atoms with Crippen LogP contribution in [0.25, 0.3) is 0 Å². The molecule has 10 nitrogen and oxygen atoms in total. The van der Waals surface area contributed by atoms with Crippen molar-refractivity contribution >= 4 is 17.7 Å². The van der Waals surface area contributed by atoms with Crippen molar-refractivity contribution in [2.75, 3.05) is 45.3 Å². The zero-order chi connectivity index (χ0) is 34.8. The fourth-order valence-corrected chi connectivity index (χ4v) is 6.41. The molecule has 1 fully saturated rings. The van der Waals surface area contributed by atoms with E-state index in [4.69, 9.17) is 29.4 Å². The molecule has 2 amide bonds. The average Bonchev–Trinajstić information content (AvgIpc) is 3.09. The molecule has 0 spiro atoms. The molecule has 0 bridgehead atoms. The normalized spacial score (nSPS) is 18.2. The molecule has 0 radical (unpaired) electrons. The minimum atomic E-state index is -0.619. The van der Waals surface area contributed by atoms with Gasteiger partial charge in [0.1, 0.15) is 17.1 Å². The number of amides is 2. The van der Waals surface area contributed by atoms with Gasteiger partial charge < -0.3 is 39.6 Å². The molecule has 0 saturated carbocycles. The van der Waals surface area contributed by atoms with Crippen LogP contribution in [0, 0.1) is 0 Å². The van der Waals surface area contributed by atoms with E-state index < -0.39 is 23.7 Å². The van der Waals surface area contributed by atoms with Crippen LogP contribution >= 0.6 is 0 Å². The Bertz CT molecular complexity index is 1540. The van der Waals surface area contributed by atoms with E-state index in [1.807, 2.05) is 63.2 Å². The topological polar surface area (TPSA) is 122 Å². The van der Waals surface area contributed by atoms with Crippen LogP contribution in [0.5, 0.6) is 11.5 Å². The zero-order valence-corrected chi connectivity index (χ0v) is 29.2. The number of nitrogens with one attached hydrogen (secondary N) is 1. The molecule has 3 N–H and O–H groups in total. The van der Waals surface area contributed by atoms with Gasteiger partial charge in [0.15, 0.2) is 0 Å². The van der Waals surface area contributed by atoms with Gasteiger partial charge in [-0.25, -0.2) is 4.79 Å². The molecule has 3 aromatic rings. The quantitative estimate of drug-likeness (QED) is 0.180. The maximum Gasteiger partial charge on any atom is 0.410 e. The van der Waals surface area contributed by atoms with Gasteiger partial charge in [0, 0.05) is 36.7 Å². The minimum Gasteiger partial charge on any atom is -0.496 e. The van der Waals surface area contributed by atoms with Gasteiger partial charge >= 0.3 is 6.09 Å². The number of nitrogens with two attached hydrogens (primary N) is 1. The second kappa shape index (κ2) is 16.9. The van der Waals surface area contributed by atoms with Crippen LogP contribution in [0.3, 0.4) is 0 Å². The second-order valence-electron chi connectivity index (χ2n) is 13.7. The maximum absolute atomic E-state index is 13.1. The molecule has 5 rings (SSSR count). The minimum absolute atomic E-state index is 0.0257. The summed E-state index contributed by atoms with van der Waals surface area (Å²) in [5, 5.41) is 3.47. The summed E-state index contributed by atoms with van der Waals surface area (Å²) in [6, 6.07) is 22.1. The molecule has 2 aliphatic rings. The molecule has 10 heteroatoms. The Morgan fingerprint density at radius 3 is 2.59 bits per heavy atom. The third-order valence-corrected chi connectivity index (χ3v) is 8.84. The average molecular weight is 674 g/mol. The molecule has 3 unspecified atom stereocenters. The number of carbonyl (C=O) groups excluding carboxylic acids is 2. The molecule has 3 aromatic carbocycles. The van der Waals surface area contributed by atoms with Crippen LogP contribution in [0.4, 0.5) is 10.5 Å². The lowest BCUT2D eigenvalue weighted by atomic mass is 9.86. The Labute approximate surface area is 290 Å². The highest BCUT2D eigenvalue weighted by Gasteiger charge is 2.37. The monoisotopic (exact) mass is 673 g/mol. The summed E-state index contributed by atoms with van der Waals surface area (Å²) in [6.07, 6.45) is 2.20. The highest BCUT2D eigenvalue weighted by molar-refractivity contribution is 5.74. The van der Waals surface area contributed by atoms with Gasteiger partial charge in [0.25, 0.3) is 0 Å². The molecule has 0 aliphatic carbocycles. The number of primary amides is 1. The number of para-hydroxylation sites is 1. The van der Waals surface area contributed by atoms with Crippen LogP contribution in [-0.2, 0) is 32.0 Å². The summed E-state index contributed by atoms with van der Waals surface area (Å²) in [4.78, 5) is 27.1. The first-order chi connectivity index (χ1) is 23.6. The fourth-order valence-electron chi connectivity index (χ4n) is 6.41. The zero-order valence-electron chi connectivity index (χ0n) is 29.2. The van der Waals surface area contributed by atoms with Crippen LogP contribution in [0.2, 0.25) is 0 Å². The van der Waals surface area contributed by atoms with E-state index in [2.05, 4.69) is 29.6 Å². The number of methoxy groups -OCH3 is 1. The highest BCUT2D eigenvalue weighted by Crippen LogP contribution is 2.37. The van der Waals surface area contributed by atoms with Crippen molar-refractivity contribution in [2.45, 2.75) is 83.2 Å². The summed E-state index contributed by atoms with van der Waals surface area (Å²) >= 11 is 0. The highest BCUT2D eigenvalue weighted by atomic mass is 16.6. The lowest BCUT2D eigenvalue weighted by Gasteiger charge is -2.40. The number of fused-ring (bicyclic) bond motifs is 1. The number of piperidine rings is 1. The maximum atomic E-state index is 13.1. The molecule has 2 aliphatic heterocycles. The van der Waals surface area contributed by atoms with Crippen LogP contribution in [0.1, 0.15) is 80.7 Å². The van der Waals surface area contributed by atoms with Crippen LogP contribution < -0.4 is 20.5 Å². The number of rotatable bonds is 14. The predicted octanol–water partition coefficient (Wildman–Crippen LogP) is 6.77. The summed E-state index contributed by atoms with van der Waals surface area (Å²) in [5.74, 6) is 1.12. The van der Waals surface area contributed by atoms with Gasteiger partial charge in [-0.1, -0.05) is 42.5 Å². The number of hydrogen-bond donors (Lipinski definition) is 2. The number of aryl methyl sites for hydroxylation is 1. The van der Waals surface area contributed by atoms with E-state index in [9.17, 15) is 9.59 Å². The molecule has 3 atom stereocenters. The molecule has 264 valence electrons. The standard InChI is InChI=1S/C39H51N3O7/c1-39(2,3)49-38(44)42-20-18-32(36(25-42)48-35(24-37(40)43)29-13-12-28-10-7-19-41-33(28)23-29)27-14-16-31(17-15-27)47-22-8-21-46-26-30-9-5-6-11-34(30)45-4/h5-6,9,11-17,23,32,35-36,41H,7-8,10,18-22,24-26H2,1-4H3,(H2,40,43). The third-order valence-electron chi connectivity index (χ3n) is 8.84. The molecular weight excluding hydrogens is 622 g/mol. The Kier molecular flexibility index (Phi) is 12.4. The number of likely N-dealkylation sites (tertiary alicyclic amines) is 1. The third kappa shape index (κ3) is 10.4. The number of benzene rings is 3. The lowest BCUT2D eigenvalue weighted by molar-refractivity contribution is -0.124. The van der Waals surface area contributed by atoms with Crippen molar-refractivity contribution in [3.8, 4) is 11.5 Å². The Morgan fingerprint density at radius 2 is 1.84 bits per heavy atom. The first-order valence-electron chi connectivity index (χ1n) is 17.3. The first-order valence-corrected chi connectivity index (χ1v) is 17.3. The van der Waals surface area contributed by atoms with Gasteiger partial charge in [-0.3, -0.25) is 4.79 Å². The van der Waals surface area contributed by atoms with E-state index in [0.29, 0.717) is 39.3 Å².